The number of benzene rings is 1. The van der Waals surface area contributed by atoms with Gasteiger partial charge in [-0.3, -0.25) is 9.59 Å². The fraction of sp³-hybridized carbons (Fsp3) is 0.500. The summed E-state index contributed by atoms with van der Waals surface area (Å²) in [5.74, 6) is -2.51. The third-order valence-electron chi connectivity index (χ3n) is 4.13. The molecule has 0 saturated heterocycles. The Morgan fingerprint density at radius 2 is 1.63 bits per heavy atom. The van der Waals surface area contributed by atoms with Crippen molar-refractivity contribution in [3.63, 3.8) is 0 Å². The lowest BCUT2D eigenvalue weighted by Gasteiger charge is -2.16. The monoisotopic (exact) mass is 446 g/mol. The first-order valence-electron chi connectivity index (χ1n) is 8.89. The third-order valence-corrected chi connectivity index (χ3v) is 5.86. The smallest absolute Gasteiger partial charge is 0.326 e. The summed E-state index contributed by atoms with van der Waals surface area (Å²) < 4.78 is 38.6. The Morgan fingerprint density at radius 3 is 2.07 bits per heavy atom. The van der Waals surface area contributed by atoms with E-state index in [2.05, 4.69) is 10.6 Å². The Labute approximate surface area is 174 Å². The molecule has 168 valence electrons. The number of rotatable bonds is 12. The van der Waals surface area contributed by atoms with Crippen molar-refractivity contribution in [3.8, 4) is 17.2 Å². The number of hydrogen-bond acceptors (Lipinski definition) is 8. The number of carboxylic acids is 1. The molecule has 1 atom stereocenters. The van der Waals surface area contributed by atoms with Crippen LogP contribution >= 0.6 is 0 Å². The summed E-state index contributed by atoms with van der Waals surface area (Å²) in [4.78, 5) is 35.7. The fourth-order valence-electron chi connectivity index (χ4n) is 2.42. The molecule has 0 radical (unpaired) electrons. The van der Waals surface area contributed by atoms with Gasteiger partial charge < -0.3 is 30.0 Å². The summed E-state index contributed by atoms with van der Waals surface area (Å²) in [6, 6.07) is 1.39. The third kappa shape index (κ3) is 7.10. The Kier molecular flexibility index (Phi) is 9.37. The minimum atomic E-state index is -3.38. The van der Waals surface area contributed by atoms with E-state index >= 15 is 0 Å². The van der Waals surface area contributed by atoms with Crippen molar-refractivity contribution in [2.45, 2.75) is 19.4 Å². The number of hydrogen-bond donors (Lipinski definition) is 3. The molecule has 0 heterocycles. The van der Waals surface area contributed by atoms with Gasteiger partial charge in [0.2, 0.25) is 11.7 Å². The molecular weight excluding hydrogens is 420 g/mol. The maximum absolute atomic E-state index is 12.4. The number of carbonyl (C=O) groups excluding carboxylic acids is 2. The Morgan fingerprint density at radius 1 is 1.07 bits per heavy atom. The van der Waals surface area contributed by atoms with E-state index in [-0.39, 0.29) is 35.0 Å². The topological polar surface area (TPSA) is 157 Å². The van der Waals surface area contributed by atoms with Gasteiger partial charge in [-0.15, -0.1) is 0 Å². The Hall–Kier alpha value is -3.02. The number of carbonyl (C=O) groups is 3. The average Bonchev–Trinajstić information content (AvgIpc) is 2.73. The lowest BCUT2D eigenvalue weighted by atomic mass is 10.1. The molecule has 0 spiro atoms. The number of ether oxygens (including phenoxy) is 3. The largest absolute Gasteiger partial charge is 0.493 e. The first-order chi connectivity index (χ1) is 14.1. The zero-order chi connectivity index (χ0) is 22.9. The maximum atomic E-state index is 12.4. The average molecular weight is 446 g/mol. The van der Waals surface area contributed by atoms with Crippen molar-refractivity contribution in [1.82, 2.24) is 10.6 Å². The van der Waals surface area contributed by atoms with Gasteiger partial charge in [0.05, 0.1) is 33.6 Å². The number of nitrogens with one attached hydrogen (secondary N) is 2. The molecule has 0 fully saturated rings. The molecule has 0 saturated carbocycles. The van der Waals surface area contributed by atoms with Crippen LogP contribution in [0.2, 0.25) is 0 Å². The Balaban J connectivity index is 2.77. The number of carboxylic acid groups (broad SMARTS) is 1. The molecule has 1 unspecified atom stereocenters. The van der Waals surface area contributed by atoms with Gasteiger partial charge in [-0.1, -0.05) is 6.92 Å². The predicted molar refractivity (Wildman–Crippen MR) is 107 cm³/mol. The van der Waals surface area contributed by atoms with Crippen LogP contribution in [0.1, 0.15) is 23.7 Å². The molecule has 11 nitrogen and oxygen atoms in total. The fourth-order valence-corrected chi connectivity index (χ4v) is 3.30. The molecule has 12 heteroatoms. The molecule has 0 aliphatic carbocycles. The van der Waals surface area contributed by atoms with E-state index in [1.807, 2.05) is 0 Å². The van der Waals surface area contributed by atoms with Gasteiger partial charge >= 0.3 is 5.97 Å². The van der Waals surface area contributed by atoms with Gasteiger partial charge in [0, 0.05) is 11.3 Å². The molecule has 1 aromatic rings. The lowest BCUT2D eigenvalue weighted by molar-refractivity contribution is -0.141. The highest BCUT2D eigenvalue weighted by Gasteiger charge is 2.23. The summed E-state index contributed by atoms with van der Waals surface area (Å²) >= 11 is 0. The summed E-state index contributed by atoms with van der Waals surface area (Å²) in [5, 5.41) is 13.7. The summed E-state index contributed by atoms with van der Waals surface area (Å²) in [6.07, 6.45) is -0.280. The normalized spacial score (nSPS) is 11.9. The minimum absolute atomic E-state index is 0.126. The van der Waals surface area contributed by atoms with Gasteiger partial charge in [0.15, 0.2) is 11.5 Å². The van der Waals surface area contributed by atoms with Crippen LogP contribution in [0.4, 0.5) is 0 Å². The standard InChI is InChI=1S/C18H26N2O9S/c1-5-30(25,26)7-6-12(18(23)24)20-15(21)10-19-17(22)11-8-13(27-2)16(29-4)14(9-11)28-3/h8-9,12H,5-7,10H2,1-4H3,(H,19,22)(H,20,21)(H,23,24). The molecule has 0 aromatic heterocycles. The van der Waals surface area contributed by atoms with Crippen LogP contribution in [0, 0.1) is 0 Å². The van der Waals surface area contributed by atoms with Crippen LogP contribution in [0.5, 0.6) is 17.2 Å². The van der Waals surface area contributed by atoms with Crippen molar-refractivity contribution in [2.75, 3.05) is 39.4 Å². The highest BCUT2D eigenvalue weighted by Crippen LogP contribution is 2.38. The predicted octanol–water partition coefficient (Wildman–Crippen LogP) is -0.164. The van der Waals surface area contributed by atoms with E-state index in [0.717, 1.165) is 0 Å². The van der Waals surface area contributed by atoms with E-state index < -0.39 is 40.2 Å². The second-order valence-electron chi connectivity index (χ2n) is 6.08. The van der Waals surface area contributed by atoms with Crippen molar-refractivity contribution in [2.24, 2.45) is 0 Å². The van der Waals surface area contributed by atoms with Crippen LogP contribution in [-0.2, 0) is 19.4 Å². The molecule has 1 rings (SSSR count). The van der Waals surface area contributed by atoms with E-state index in [9.17, 15) is 27.9 Å². The van der Waals surface area contributed by atoms with E-state index in [0.29, 0.717) is 5.75 Å². The highest BCUT2D eigenvalue weighted by molar-refractivity contribution is 7.91. The summed E-state index contributed by atoms with van der Waals surface area (Å²) in [6.45, 7) is 0.933. The molecule has 2 amide bonds. The number of aliphatic carboxylic acids is 1. The van der Waals surface area contributed by atoms with Crippen LogP contribution in [0.25, 0.3) is 0 Å². The van der Waals surface area contributed by atoms with Crippen molar-refractivity contribution in [1.29, 1.82) is 0 Å². The zero-order valence-corrected chi connectivity index (χ0v) is 18.0. The molecule has 0 bridgehead atoms. The van der Waals surface area contributed by atoms with E-state index in [4.69, 9.17) is 14.2 Å². The molecular formula is C18H26N2O9S. The van der Waals surface area contributed by atoms with Gasteiger partial charge in [-0.2, -0.15) is 0 Å². The first kappa shape index (κ1) is 25.0. The quantitative estimate of drug-likeness (QED) is 0.397. The number of amides is 2. The van der Waals surface area contributed by atoms with Crippen LogP contribution in [0.3, 0.4) is 0 Å². The van der Waals surface area contributed by atoms with Gasteiger partial charge in [-0.25, -0.2) is 13.2 Å². The van der Waals surface area contributed by atoms with Crippen LogP contribution in [-0.4, -0.2) is 76.7 Å². The summed E-state index contributed by atoms with van der Waals surface area (Å²) in [5.41, 5.74) is 0.126. The molecule has 30 heavy (non-hydrogen) atoms. The van der Waals surface area contributed by atoms with Gasteiger partial charge in [-0.05, 0) is 18.6 Å². The highest BCUT2D eigenvalue weighted by atomic mass is 32.2. The van der Waals surface area contributed by atoms with Gasteiger partial charge in [0.25, 0.3) is 5.91 Å². The maximum Gasteiger partial charge on any atom is 0.326 e. The second-order valence-corrected chi connectivity index (χ2v) is 8.55. The molecule has 0 aliphatic rings. The number of methoxy groups -OCH3 is 3. The first-order valence-corrected chi connectivity index (χ1v) is 10.7. The zero-order valence-electron chi connectivity index (χ0n) is 17.2. The summed E-state index contributed by atoms with van der Waals surface area (Å²) in [7, 11) is 0.801. The second kappa shape index (κ2) is 11.2. The van der Waals surface area contributed by atoms with Crippen LogP contribution < -0.4 is 24.8 Å². The van der Waals surface area contributed by atoms with Gasteiger partial charge in [0.1, 0.15) is 15.9 Å². The number of sulfone groups is 1. The molecule has 0 aliphatic heterocycles. The minimum Gasteiger partial charge on any atom is -0.493 e. The SMILES string of the molecule is CCS(=O)(=O)CCC(NC(=O)CNC(=O)c1cc(OC)c(OC)c(OC)c1)C(=O)O. The van der Waals surface area contributed by atoms with Crippen LogP contribution in [0.15, 0.2) is 12.1 Å². The van der Waals surface area contributed by atoms with E-state index in [1.54, 1.807) is 0 Å². The van der Waals surface area contributed by atoms with Crippen molar-refractivity contribution < 1.29 is 42.1 Å². The molecule has 1 aromatic carbocycles. The van der Waals surface area contributed by atoms with Crippen molar-refractivity contribution >= 4 is 27.6 Å². The van der Waals surface area contributed by atoms with E-state index in [1.165, 1.54) is 40.4 Å². The Bertz CT molecular complexity index is 859. The molecule has 3 N–H and O–H groups in total. The lowest BCUT2D eigenvalue weighted by Crippen LogP contribution is -2.46. The van der Waals surface area contributed by atoms with Crippen molar-refractivity contribution in [3.05, 3.63) is 17.7 Å².